The van der Waals surface area contributed by atoms with Crippen molar-refractivity contribution in [2.24, 2.45) is 5.92 Å². The second-order valence-electron chi connectivity index (χ2n) is 5.06. The molecule has 1 heterocycles. The fourth-order valence-corrected chi connectivity index (χ4v) is 2.37. The van der Waals surface area contributed by atoms with E-state index < -0.39 is 11.9 Å². The number of esters is 1. The van der Waals surface area contributed by atoms with Gasteiger partial charge in [0, 0.05) is 19.5 Å². The molecule has 118 valence electrons. The van der Waals surface area contributed by atoms with Gasteiger partial charge in [-0.25, -0.2) is 0 Å². The summed E-state index contributed by atoms with van der Waals surface area (Å²) in [6, 6.07) is 9.05. The summed E-state index contributed by atoms with van der Waals surface area (Å²) in [5.41, 5.74) is 0. The monoisotopic (exact) mass is 305 g/mol. The lowest BCUT2D eigenvalue weighted by atomic mass is 10.00. The number of nitrogens with zero attached hydrogens (tertiary/aromatic N) is 1. The topological polar surface area (TPSA) is 72.9 Å². The summed E-state index contributed by atoms with van der Waals surface area (Å²) >= 11 is 0. The molecule has 6 nitrogen and oxygen atoms in total. The standard InChI is InChI=1S/C16H19NO5/c1-21-16(20)13-7-9-17(10-8-14(13)18)15(19)11-22-12-5-3-2-4-6-12/h2-6,13H,7-11H2,1H3. The Hall–Kier alpha value is -2.37. The van der Waals surface area contributed by atoms with Gasteiger partial charge in [-0.05, 0) is 18.6 Å². The first-order chi connectivity index (χ1) is 10.6. The van der Waals surface area contributed by atoms with Crippen LogP contribution < -0.4 is 4.74 Å². The summed E-state index contributed by atoms with van der Waals surface area (Å²) in [6.45, 7) is 0.576. The van der Waals surface area contributed by atoms with Crippen LogP contribution >= 0.6 is 0 Å². The highest BCUT2D eigenvalue weighted by Gasteiger charge is 2.32. The molecule has 1 aromatic carbocycles. The van der Waals surface area contributed by atoms with Crippen LogP contribution in [0.25, 0.3) is 0 Å². The van der Waals surface area contributed by atoms with Gasteiger partial charge >= 0.3 is 5.97 Å². The molecule has 0 aromatic heterocycles. The third-order valence-corrected chi connectivity index (χ3v) is 3.65. The lowest BCUT2D eigenvalue weighted by molar-refractivity contribution is -0.149. The molecule has 1 fully saturated rings. The number of ether oxygens (including phenoxy) is 2. The van der Waals surface area contributed by atoms with Crippen LogP contribution in [0.15, 0.2) is 30.3 Å². The van der Waals surface area contributed by atoms with Gasteiger partial charge in [0.1, 0.15) is 17.5 Å². The van der Waals surface area contributed by atoms with Gasteiger partial charge in [0.2, 0.25) is 0 Å². The van der Waals surface area contributed by atoms with E-state index in [-0.39, 0.29) is 24.7 Å². The van der Waals surface area contributed by atoms with E-state index in [1.807, 2.05) is 18.2 Å². The van der Waals surface area contributed by atoms with E-state index in [1.54, 1.807) is 17.0 Å². The Bertz CT molecular complexity index is 543. The Morgan fingerprint density at radius 2 is 1.95 bits per heavy atom. The molecule has 1 saturated heterocycles. The molecule has 1 unspecified atom stereocenters. The van der Waals surface area contributed by atoms with Gasteiger partial charge < -0.3 is 14.4 Å². The summed E-state index contributed by atoms with van der Waals surface area (Å²) in [5.74, 6) is -1.04. The van der Waals surface area contributed by atoms with Gasteiger partial charge in [0.25, 0.3) is 5.91 Å². The van der Waals surface area contributed by atoms with Crippen LogP contribution in [0.4, 0.5) is 0 Å². The highest BCUT2D eigenvalue weighted by Crippen LogP contribution is 2.16. The summed E-state index contributed by atoms with van der Waals surface area (Å²) in [6.07, 6.45) is 0.458. The highest BCUT2D eigenvalue weighted by molar-refractivity contribution is 5.99. The van der Waals surface area contributed by atoms with E-state index in [4.69, 9.17) is 4.74 Å². The van der Waals surface area contributed by atoms with E-state index in [0.717, 1.165) is 0 Å². The van der Waals surface area contributed by atoms with Crippen molar-refractivity contribution in [2.45, 2.75) is 12.8 Å². The molecule has 0 N–H and O–H groups in total. The number of hydrogen-bond donors (Lipinski definition) is 0. The Morgan fingerprint density at radius 3 is 2.64 bits per heavy atom. The molecule has 0 saturated carbocycles. The Kier molecular flexibility index (Phi) is 5.52. The van der Waals surface area contributed by atoms with Crippen LogP contribution in [-0.4, -0.2) is 49.4 Å². The molecule has 1 atom stereocenters. The number of methoxy groups -OCH3 is 1. The molecule has 6 heteroatoms. The molecule has 2 rings (SSSR count). The van der Waals surface area contributed by atoms with Crippen LogP contribution in [0.5, 0.6) is 5.75 Å². The Labute approximate surface area is 129 Å². The number of ketones is 1. The van der Waals surface area contributed by atoms with Crippen molar-refractivity contribution in [2.75, 3.05) is 26.8 Å². The number of amides is 1. The average Bonchev–Trinajstić information content (AvgIpc) is 2.75. The second-order valence-corrected chi connectivity index (χ2v) is 5.06. The van der Waals surface area contributed by atoms with E-state index in [1.165, 1.54) is 7.11 Å². The van der Waals surface area contributed by atoms with Gasteiger partial charge in [-0.2, -0.15) is 0 Å². The zero-order valence-corrected chi connectivity index (χ0v) is 12.5. The predicted octanol–water partition coefficient (Wildman–Crippen LogP) is 1.05. The number of hydrogen-bond acceptors (Lipinski definition) is 5. The van der Waals surface area contributed by atoms with E-state index in [0.29, 0.717) is 25.3 Å². The minimum Gasteiger partial charge on any atom is -0.484 e. The average molecular weight is 305 g/mol. The van der Waals surface area contributed by atoms with Crippen molar-refractivity contribution in [1.29, 1.82) is 0 Å². The number of rotatable bonds is 4. The van der Waals surface area contributed by atoms with Crippen LogP contribution in [0.3, 0.4) is 0 Å². The first-order valence-corrected chi connectivity index (χ1v) is 7.18. The van der Waals surface area contributed by atoms with Crippen molar-refractivity contribution in [3.8, 4) is 5.75 Å². The zero-order valence-electron chi connectivity index (χ0n) is 12.5. The summed E-state index contributed by atoms with van der Waals surface area (Å²) in [5, 5.41) is 0. The minimum absolute atomic E-state index is 0.0822. The van der Waals surface area contributed by atoms with E-state index >= 15 is 0 Å². The maximum Gasteiger partial charge on any atom is 0.316 e. The van der Waals surface area contributed by atoms with Gasteiger partial charge in [0.05, 0.1) is 7.11 Å². The van der Waals surface area contributed by atoms with Crippen LogP contribution in [0.1, 0.15) is 12.8 Å². The molecule has 0 spiro atoms. The molecule has 0 radical (unpaired) electrons. The third-order valence-electron chi connectivity index (χ3n) is 3.65. The number of likely N-dealkylation sites (tertiary alicyclic amines) is 1. The molecule has 1 aliphatic rings. The summed E-state index contributed by atoms with van der Waals surface area (Å²) in [4.78, 5) is 37.1. The fraction of sp³-hybridized carbons (Fsp3) is 0.438. The first-order valence-electron chi connectivity index (χ1n) is 7.18. The third kappa shape index (κ3) is 4.07. The maximum absolute atomic E-state index is 12.2. The van der Waals surface area contributed by atoms with Crippen LogP contribution in [-0.2, 0) is 19.1 Å². The lowest BCUT2D eigenvalue weighted by Gasteiger charge is -2.20. The molecular formula is C16H19NO5. The smallest absolute Gasteiger partial charge is 0.316 e. The summed E-state index contributed by atoms with van der Waals surface area (Å²) in [7, 11) is 1.26. The highest BCUT2D eigenvalue weighted by atomic mass is 16.5. The van der Waals surface area contributed by atoms with Crippen molar-refractivity contribution >= 4 is 17.7 Å². The normalized spacial score (nSPS) is 18.5. The quantitative estimate of drug-likeness (QED) is 0.614. The van der Waals surface area contributed by atoms with Gasteiger partial charge in [0.15, 0.2) is 6.61 Å². The van der Waals surface area contributed by atoms with Crippen LogP contribution in [0, 0.1) is 5.92 Å². The van der Waals surface area contributed by atoms with Crippen molar-refractivity contribution in [3.05, 3.63) is 30.3 Å². The van der Waals surface area contributed by atoms with Gasteiger partial charge in [-0.1, -0.05) is 18.2 Å². The molecule has 1 aromatic rings. The van der Waals surface area contributed by atoms with Gasteiger partial charge in [-0.3, -0.25) is 14.4 Å². The Balaban J connectivity index is 1.88. The summed E-state index contributed by atoms with van der Waals surface area (Å²) < 4.78 is 10.0. The fourth-order valence-electron chi connectivity index (χ4n) is 2.37. The van der Waals surface area contributed by atoms with E-state index in [9.17, 15) is 14.4 Å². The number of carbonyl (C=O) groups is 3. The van der Waals surface area contributed by atoms with E-state index in [2.05, 4.69) is 4.74 Å². The molecular weight excluding hydrogens is 286 g/mol. The number of carbonyl (C=O) groups excluding carboxylic acids is 3. The Morgan fingerprint density at radius 1 is 1.23 bits per heavy atom. The minimum atomic E-state index is -0.766. The lowest BCUT2D eigenvalue weighted by Crippen LogP contribution is -2.36. The molecule has 1 aliphatic heterocycles. The molecule has 1 amide bonds. The predicted molar refractivity (Wildman–Crippen MR) is 78.3 cm³/mol. The van der Waals surface area contributed by atoms with Crippen molar-refractivity contribution in [3.63, 3.8) is 0 Å². The molecule has 22 heavy (non-hydrogen) atoms. The second kappa shape index (κ2) is 7.59. The largest absolute Gasteiger partial charge is 0.484 e. The van der Waals surface area contributed by atoms with Crippen molar-refractivity contribution < 1.29 is 23.9 Å². The molecule has 0 bridgehead atoms. The SMILES string of the molecule is COC(=O)C1CCN(C(=O)COc2ccccc2)CCC1=O. The number of para-hydroxylation sites is 1. The number of benzene rings is 1. The zero-order chi connectivity index (χ0) is 15.9. The maximum atomic E-state index is 12.2. The first kappa shape index (κ1) is 16.0. The van der Waals surface area contributed by atoms with Gasteiger partial charge in [-0.15, -0.1) is 0 Å². The van der Waals surface area contributed by atoms with Crippen molar-refractivity contribution in [1.82, 2.24) is 4.90 Å². The number of Topliss-reactive ketones (excluding diaryl/α,β-unsaturated/α-hetero) is 1. The van der Waals surface area contributed by atoms with Crippen LogP contribution in [0.2, 0.25) is 0 Å². The molecule has 0 aliphatic carbocycles.